The van der Waals surface area contributed by atoms with Gasteiger partial charge in [-0.2, -0.15) is 13.2 Å². The molecule has 0 unspecified atom stereocenters. The van der Waals surface area contributed by atoms with Gasteiger partial charge in [0.05, 0.1) is 0 Å². The quantitative estimate of drug-likeness (QED) is 0.415. The predicted molar refractivity (Wildman–Crippen MR) is 57.0 cm³/mol. The Bertz CT molecular complexity index is 568. The smallest absolute Gasteiger partial charge is 0.485 e. The van der Waals surface area contributed by atoms with Gasteiger partial charge in [-0.15, -0.1) is 0 Å². The fourth-order valence-corrected chi connectivity index (χ4v) is 1.01. The lowest BCUT2D eigenvalue weighted by molar-refractivity contribution is -0.0517. The van der Waals surface area contributed by atoms with E-state index >= 15 is 0 Å². The zero-order valence-electron chi connectivity index (χ0n) is 8.15. The van der Waals surface area contributed by atoms with Crippen molar-refractivity contribution in [2.45, 2.75) is 5.51 Å². The van der Waals surface area contributed by atoms with Crippen molar-refractivity contribution >= 4 is 39.0 Å². The number of diazo groups is 1. The first-order valence-corrected chi connectivity index (χ1v) is 5.97. The van der Waals surface area contributed by atoms with Crippen LogP contribution in [0.2, 0.25) is 10.0 Å². The van der Waals surface area contributed by atoms with E-state index in [1.165, 1.54) is 12.1 Å². The zero-order chi connectivity index (χ0) is 14.6. The molecule has 100 valence electrons. The second-order valence-electron chi connectivity index (χ2n) is 2.60. The Kier molecular flexibility index (Phi) is 5.82. The Labute approximate surface area is 109 Å². The molecule has 1 rings (SSSR count). The molecule has 0 fully saturated rings. The summed E-state index contributed by atoms with van der Waals surface area (Å²) in [5, 5.41) is 9.17. The molecule has 1 aromatic rings. The van der Waals surface area contributed by atoms with E-state index in [0.29, 0.717) is 15.7 Å². The van der Waals surface area contributed by atoms with Crippen LogP contribution in [0, 0.1) is 5.39 Å². The molecule has 18 heavy (non-hydrogen) atoms. The second kappa shape index (κ2) is 6.19. The highest BCUT2D eigenvalue weighted by molar-refractivity contribution is 7.86. The third-order valence-corrected chi connectivity index (χ3v) is 2.41. The Hall–Kier alpha value is -1.08. The molecule has 1 aromatic carbocycles. The van der Waals surface area contributed by atoms with Crippen LogP contribution in [0.1, 0.15) is 0 Å². The van der Waals surface area contributed by atoms with Crippen molar-refractivity contribution in [3.63, 3.8) is 0 Å². The highest BCUT2D eigenvalue weighted by Gasteiger charge is 2.36. The summed E-state index contributed by atoms with van der Waals surface area (Å²) in [6.45, 7) is 0. The molecule has 0 N–H and O–H groups in total. The van der Waals surface area contributed by atoms with Gasteiger partial charge < -0.3 is 4.55 Å². The maximum absolute atomic E-state index is 10.7. The third kappa shape index (κ3) is 5.50. The van der Waals surface area contributed by atoms with Gasteiger partial charge in [-0.1, -0.05) is 23.2 Å². The van der Waals surface area contributed by atoms with Crippen LogP contribution in [0.25, 0.3) is 4.98 Å². The summed E-state index contributed by atoms with van der Waals surface area (Å²) in [5.41, 5.74) is -5.32. The van der Waals surface area contributed by atoms with Crippen LogP contribution in [-0.4, -0.2) is 18.5 Å². The summed E-state index contributed by atoms with van der Waals surface area (Å²) < 4.78 is 58.9. The van der Waals surface area contributed by atoms with Crippen LogP contribution >= 0.6 is 23.2 Å². The fraction of sp³-hybridized carbons (Fsp3) is 0.143. The average Bonchev–Trinajstić information content (AvgIpc) is 2.15. The van der Waals surface area contributed by atoms with E-state index in [2.05, 4.69) is 4.98 Å². The second-order valence-corrected chi connectivity index (χ2v) is 4.81. The van der Waals surface area contributed by atoms with E-state index in [0.717, 1.165) is 0 Å². The van der Waals surface area contributed by atoms with Gasteiger partial charge in [0.25, 0.3) is 0 Å². The Morgan fingerprint density at radius 1 is 1.28 bits per heavy atom. The van der Waals surface area contributed by atoms with Gasteiger partial charge in [-0.05, 0) is 12.1 Å². The van der Waals surface area contributed by atoms with E-state index in [1.807, 2.05) is 0 Å². The van der Waals surface area contributed by atoms with Crippen LogP contribution in [0.15, 0.2) is 18.2 Å². The lowest BCUT2D eigenvalue weighted by atomic mass is 10.3. The summed E-state index contributed by atoms with van der Waals surface area (Å²) in [4.78, 5) is 2.92. The normalized spacial score (nSPS) is 11.2. The highest BCUT2D eigenvalue weighted by atomic mass is 35.5. The summed E-state index contributed by atoms with van der Waals surface area (Å²) in [7, 11) is -6.09. The molecule has 0 heterocycles. The number of rotatable bonds is 0. The number of halogens is 5. The first kappa shape index (κ1) is 16.9. The van der Waals surface area contributed by atoms with E-state index in [4.69, 9.17) is 41.6 Å². The van der Waals surface area contributed by atoms with Gasteiger partial charge in [0.15, 0.2) is 15.1 Å². The van der Waals surface area contributed by atoms with Crippen LogP contribution < -0.4 is 0 Å². The maximum Gasteiger partial charge on any atom is 0.485 e. The molecule has 0 saturated carbocycles. The van der Waals surface area contributed by atoms with Crippen molar-refractivity contribution in [3.8, 4) is 0 Å². The van der Waals surface area contributed by atoms with Crippen LogP contribution in [0.3, 0.4) is 0 Å². The van der Waals surface area contributed by atoms with Crippen LogP contribution in [0.5, 0.6) is 0 Å². The fourth-order valence-electron chi connectivity index (χ4n) is 0.562. The molecule has 0 amide bonds. The lowest BCUT2D eigenvalue weighted by Crippen LogP contribution is -2.21. The number of nitrogens with zero attached hydrogens (tertiary/aromatic N) is 2. The summed E-state index contributed by atoms with van der Waals surface area (Å²) >= 11 is 11.2. The molecular weight excluding hydrogens is 320 g/mol. The number of benzene rings is 1. The number of alkyl halides is 3. The molecule has 0 aliphatic heterocycles. The minimum Gasteiger partial charge on any atom is -0.741 e. The molecule has 5 nitrogen and oxygen atoms in total. The van der Waals surface area contributed by atoms with Gasteiger partial charge in [0.2, 0.25) is 5.39 Å². The molecule has 11 heteroatoms. The summed E-state index contributed by atoms with van der Waals surface area (Å²) in [6, 6.07) is 4.64. The van der Waals surface area contributed by atoms with Gasteiger partial charge in [0.1, 0.15) is 5.02 Å². The first-order valence-electron chi connectivity index (χ1n) is 3.81. The highest BCUT2D eigenvalue weighted by Crippen LogP contribution is 2.27. The maximum atomic E-state index is 10.7. The average molecular weight is 323 g/mol. The molecule has 0 spiro atoms. The summed E-state index contributed by atoms with van der Waals surface area (Å²) in [6.07, 6.45) is 0. The molecule has 0 aliphatic rings. The molecular formula is C7H3Cl2F3N2O3S. The Balaban J connectivity index is 0.000000331. The number of hydrogen-bond acceptors (Lipinski definition) is 4. The Morgan fingerprint density at radius 2 is 1.72 bits per heavy atom. The minimum atomic E-state index is -6.09. The first-order chi connectivity index (χ1) is 7.99. The third-order valence-electron chi connectivity index (χ3n) is 1.30. The van der Waals surface area contributed by atoms with Crippen molar-refractivity contribution in [2.75, 3.05) is 0 Å². The van der Waals surface area contributed by atoms with Gasteiger partial charge in [-0.3, -0.25) is 0 Å². The molecule has 0 saturated heterocycles. The van der Waals surface area contributed by atoms with Crippen molar-refractivity contribution in [2.24, 2.45) is 0 Å². The van der Waals surface area contributed by atoms with E-state index in [1.54, 1.807) is 6.07 Å². The Morgan fingerprint density at radius 3 is 2.00 bits per heavy atom. The molecule has 0 aliphatic carbocycles. The number of hydrogen-bond donors (Lipinski definition) is 0. The van der Waals surface area contributed by atoms with E-state index in [9.17, 15) is 13.2 Å². The molecule has 0 atom stereocenters. The summed E-state index contributed by atoms with van der Waals surface area (Å²) in [5.74, 6) is 0. The predicted octanol–water partition coefficient (Wildman–Crippen LogP) is 3.53. The monoisotopic (exact) mass is 322 g/mol. The van der Waals surface area contributed by atoms with Crippen molar-refractivity contribution in [1.29, 1.82) is 5.39 Å². The SMILES string of the molecule is N#[N+]c1ccc(Cl)cc1Cl.O=S(=O)([O-])C(F)(F)F. The molecule has 0 aromatic heterocycles. The zero-order valence-corrected chi connectivity index (χ0v) is 10.5. The lowest BCUT2D eigenvalue weighted by Gasteiger charge is -2.08. The van der Waals surface area contributed by atoms with Crippen LogP contribution in [0.4, 0.5) is 18.9 Å². The van der Waals surface area contributed by atoms with Crippen LogP contribution in [-0.2, 0) is 10.1 Å². The standard InChI is InChI=1S/C6H3Cl2N2.CHF3O3S/c7-4-1-2-6(10-9)5(8)3-4;2-1(3,4)8(5,6)7/h1-3H;(H,5,6,7)/q+1;/p-1. The van der Waals surface area contributed by atoms with Crippen molar-refractivity contribution in [1.82, 2.24) is 0 Å². The molecule has 0 bridgehead atoms. The van der Waals surface area contributed by atoms with Crippen molar-refractivity contribution in [3.05, 3.63) is 33.2 Å². The van der Waals surface area contributed by atoms with E-state index in [-0.39, 0.29) is 0 Å². The van der Waals surface area contributed by atoms with Crippen molar-refractivity contribution < 1.29 is 26.1 Å². The largest absolute Gasteiger partial charge is 0.741 e. The van der Waals surface area contributed by atoms with E-state index < -0.39 is 15.6 Å². The van der Waals surface area contributed by atoms with Gasteiger partial charge in [0, 0.05) is 11.1 Å². The van der Waals surface area contributed by atoms with Gasteiger partial charge in [-0.25, -0.2) is 8.42 Å². The van der Waals surface area contributed by atoms with Gasteiger partial charge >= 0.3 is 11.2 Å². The minimum absolute atomic E-state index is 0.325. The molecule has 0 radical (unpaired) electrons. The topological polar surface area (TPSA) is 85.3 Å².